The van der Waals surface area contributed by atoms with Crippen molar-refractivity contribution >= 4 is 10.0 Å². The van der Waals surface area contributed by atoms with E-state index in [0.29, 0.717) is 5.75 Å². The number of hydrogen-bond acceptors (Lipinski definition) is 5. The Kier molecular flexibility index (Phi) is 4.91. The van der Waals surface area contributed by atoms with Gasteiger partial charge in [0.15, 0.2) is 0 Å². The molecule has 0 saturated carbocycles. The molecule has 1 aromatic heterocycles. The summed E-state index contributed by atoms with van der Waals surface area (Å²) in [5, 5.41) is 4.34. The SMILES string of the molecule is COc1cc(C)ccc1S(=O)(=O)NCCn1nc2c(cc1=O)CCC2. The molecule has 0 amide bonds. The van der Waals surface area contributed by atoms with Crippen molar-refractivity contribution in [3.05, 3.63) is 51.4 Å². The number of sulfonamides is 1. The Bertz CT molecular complexity index is 951. The zero-order valence-electron chi connectivity index (χ0n) is 14.3. The van der Waals surface area contributed by atoms with Crippen molar-refractivity contribution in [3.63, 3.8) is 0 Å². The van der Waals surface area contributed by atoms with E-state index in [4.69, 9.17) is 4.74 Å². The summed E-state index contributed by atoms with van der Waals surface area (Å²) in [6, 6.07) is 6.49. The van der Waals surface area contributed by atoms with Gasteiger partial charge in [0, 0.05) is 12.6 Å². The first kappa shape index (κ1) is 17.6. The standard InChI is InChI=1S/C17H21N3O4S/c1-12-6-7-16(15(10-12)24-2)25(22,23)18-8-9-20-17(21)11-13-4-3-5-14(13)19-20/h6-7,10-11,18H,3-5,8-9H2,1-2H3. The summed E-state index contributed by atoms with van der Waals surface area (Å²) in [4.78, 5) is 12.1. The van der Waals surface area contributed by atoms with Crippen molar-refractivity contribution in [3.8, 4) is 5.75 Å². The number of aryl methyl sites for hydroxylation is 3. The van der Waals surface area contributed by atoms with Gasteiger partial charge in [0.2, 0.25) is 10.0 Å². The molecule has 1 heterocycles. The second-order valence-corrected chi connectivity index (χ2v) is 7.82. The predicted octanol–water partition coefficient (Wildman–Crippen LogP) is 1.03. The van der Waals surface area contributed by atoms with Gasteiger partial charge in [-0.2, -0.15) is 5.10 Å². The van der Waals surface area contributed by atoms with E-state index in [9.17, 15) is 13.2 Å². The maximum atomic E-state index is 12.5. The highest BCUT2D eigenvalue weighted by atomic mass is 32.2. The maximum Gasteiger partial charge on any atom is 0.267 e. The first-order valence-corrected chi connectivity index (χ1v) is 9.63. The van der Waals surface area contributed by atoms with E-state index in [1.807, 2.05) is 6.92 Å². The largest absolute Gasteiger partial charge is 0.495 e. The molecule has 2 aromatic rings. The van der Waals surface area contributed by atoms with E-state index in [2.05, 4.69) is 9.82 Å². The van der Waals surface area contributed by atoms with Crippen molar-refractivity contribution in [2.24, 2.45) is 0 Å². The lowest BCUT2D eigenvalue weighted by atomic mass is 10.2. The van der Waals surface area contributed by atoms with Gasteiger partial charge in [-0.05, 0) is 49.4 Å². The molecule has 0 atom stereocenters. The lowest BCUT2D eigenvalue weighted by molar-refractivity contribution is 0.402. The van der Waals surface area contributed by atoms with E-state index in [1.54, 1.807) is 18.2 Å². The molecule has 1 aliphatic carbocycles. The molecular formula is C17H21N3O4S. The van der Waals surface area contributed by atoms with Crippen LogP contribution in [-0.2, 0) is 29.4 Å². The third-order valence-corrected chi connectivity index (χ3v) is 5.75. The highest BCUT2D eigenvalue weighted by Crippen LogP contribution is 2.24. The third kappa shape index (κ3) is 3.74. The molecule has 0 saturated heterocycles. The van der Waals surface area contributed by atoms with Gasteiger partial charge in [-0.3, -0.25) is 4.79 Å². The second kappa shape index (κ2) is 6.97. The fraction of sp³-hybridized carbons (Fsp3) is 0.412. The van der Waals surface area contributed by atoms with Crippen LogP contribution in [0.2, 0.25) is 0 Å². The van der Waals surface area contributed by atoms with Crippen molar-refractivity contribution in [2.45, 2.75) is 37.6 Å². The van der Waals surface area contributed by atoms with E-state index in [1.165, 1.54) is 17.9 Å². The normalized spacial score (nSPS) is 13.7. The molecule has 0 fully saturated rings. The van der Waals surface area contributed by atoms with Crippen LogP contribution < -0.4 is 15.0 Å². The van der Waals surface area contributed by atoms with Gasteiger partial charge < -0.3 is 4.74 Å². The minimum Gasteiger partial charge on any atom is -0.495 e. The number of nitrogens with one attached hydrogen (secondary N) is 1. The Balaban J connectivity index is 1.73. The van der Waals surface area contributed by atoms with E-state index in [-0.39, 0.29) is 23.5 Å². The number of benzene rings is 1. The quantitative estimate of drug-likeness (QED) is 0.828. The number of rotatable bonds is 6. The summed E-state index contributed by atoms with van der Waals surface area (Å²) in [6.07, 6.45) is 2.76. The molecule has 134 valence electrons. The van der Waals surface area contributed by atoms with Crippen LogP contribution >= 0.6 is 0 Å². The lowest BCUT2D eigenvalue weighted by Crippen LogP contribution is -2.32. The fourth-order valence-corrected chi connectivity index (χ4v) is 4.13. The zero-order chi connectivity index (χ0) is 18.0. The maximum absolute atomic E-state index is 12.5. The van der Waals surface area contributed by atoms with E-state index < -0.39 is 10.0 Å². The molecule has 0 radical (unpaired) electrons. The Morgan fingerprint density at radius 3 is 2.84 bits per heavy atom. The van der Waals surface area contributed by atoms with Crippen molar-refractivity contribution in [1.82, 2.24) is 14.5 Å². The summed E-state index contributed by atoms with van der Waals surface area (Å²) in [7, 11) is -2.30. The second-order valence-electron chi connectivity index (χ2n) is 6.08. The van der Waals surface area contributed by atoms with Gasteiger partial charge in [0.05, 0.1) is 19.3 Å². The number of ether oxygens (including phenoxy) is 1. The van der Waals surface area contributed by atoms with Crippen LogP contribution in [0.4, 0.5) is 0 Å². The number of aromatic nitrogens is 2. The van der Waals surface area contributed by atoms with Gasteiger partial charge in [0.1, 0.15) is 10.6 Å². The molecule has 0 spiro atoms. The fourth-order valence-electron chi connectivity index (χ4n) is 2.96. The lowest BCUT2D eigenvalue weighted by Gasteiger charge is -2.12. The predicted molar refractivity (Wildman–Crippen MR) is 93.4 cm³/mol. The van der Waals surface area contributed by atoms with E-state index >= 15 is 0 Å². The molecule has 1 aromatic carbocycles. The molecule has 1 N–H and O–H groups in total. The van der Waals surface area contributed by atoms with Crippen molar-refractivity contribution in [1.29, 1.82) is 0 Å². The Morgan fingerprint density at radius 2 is 2.08 bits per heavy atom. The molecule has 3 rings (SSSR count). The van der Waals surface area contributed by atoms with Crippen molar-refractivity contribution < 1.29 is 13.2 Å². The Morgan fingerprint density at radius 1 is 1.28 bits per heavy atom. The molecule has 0 unspecified atom stereocenters. The van der Waals surface area contributed by atoms with Crippen LogP contribution in [0.5, 0.6) is 5.75 Å². The first-order valence-electron chi connectivity index (χ1n) is 8.15. The summed E-state index contributed by atoms with van der Waals surface area (Å²) >= 11 is 0. The molecule has 8 heteroatoms. The van der Waals surface area contributed by atoms with Gasteiger partial charge in [-0.25, -0.2) is 17.8 Å². The summed E-state index contributed by atoms with van der Waals surface area (Å²) in [6.45, 7) is 2.11. The minimum atomic E-state index is -3.73. The summed E-state index contributed by atoms with van der Waals surface area (Å²) in [5.41, 5.74) is 2.64. The molecule has 7 nitrogen and oxygen atoms in total. The van der Waals surface area contributed by atoms with Crippen LogP contribution in [-0.4, -0.2) is 31.9 Å². The molecule has 25 heavy (non-hydrogen) atoms. The summed E-state index contributed by atoms with van der Waals surface area (Å²) < 4.78 is 34.0. The third-order valence-electron chi connectivity index (χ3n) is 4.25. The van der Waals surface area contributed by atoms with Crippen LogP contribution in [0.15, 0.2) is 34.0 Å². The average molecular weight is 363 g/mol. The van der Waals surface area contributed by atoms with Crippen LogP contribution in [0, 0.1) is 6.92 Å². The monoisotopic (exact) mass is 363 g/mol. The number of fused-ring (bicyclic) bond motifs is 1. The first-order chi connectivity index (χ1) is 11.9. The Labute approximate surface area is 146 Å². The van der Waals surface area contributed by atoms with Gasteiger partial charge in [0.25, 0.3) is 5.56 Å². The number of methoxy groups -OCH3 is 1. The van der Waals surface area contributed by atoms with E-state index in [0.717, 1.165) is 36.1 Å². The van der Waals surface area contributed by atoms with Crippen LogP contribution in [0.3, 0.4) is 0 Å². The van der Waals surface area contributed by atoms with Gasteiger partial charge in [-0.1, -0.05) is 6.07 Å². The Hall–Kier alpha value is -2.19. The topological polar surface area (TPSA) is 90.3 Å². The van der Waals surface area contributed by atoms with Crippen LogP contribution in [0.1, 0.15) is 23.2 Å². The van der Waals surface area contributed by atoms with Crippen LogP contribution in [0.25, 0.3) is 0 Å². The smallest absolute Gasteiger partial charge is 0.267 e. The van der Waals surface area contributed by atoms with Gasteiger partial charge in [-0.15, -0.1) is 0 Å². The molecular weight excluding hydrogens is 342 g/mol. The zero-order valence-corrected chi connectivity index (χ0v) is 15.1. The molecule has 0 bridgehead atoms. The van der Waals surface area contributed by atoms with Crippen molar-refractivity contribution in [2.75, 3.05) is 13.7 Å². The molecule has 0 aliphatic heterocycles. The highest BCUT2D eigenvalue weighted by Gasteiger charge is 2.19. The minimum absolute atomic E-state index is 0.0745. The number of hydrogen-bond donors (Lipinski definition) is 1. The summed E-state index contributed by atoms with van der Waals surface area (Å²) in [5.74, 6) is 0.292. The number of nitrogens with zero attached hydrogens (tertiary/aromatic N) is 2. The van der Waals surface area contributed by atoms with Gasteiger partial charge >= 0.3 is 0 Å². The molecule has 1 aliphatic rings. The average Bonchev–Trinajstić information content (AvgIpc) is 3.01. The highest BCUT2D eigenvalue weighted by molar-refractivity contribution is 7.89.